The lowest BCUT2D eigenvalue weighted by Gasteiger charge is -2.14. The summed E-state index contributed by atoms with van der Waals surface area (Å²) in [7, 11) is 0. The molecule has 0 saturated heterocycles. The lowest BCUT2D eigenvalue weighted by molar-refractivity contribution is -0.144. The molecule has 0 fully saturated rings. The number of ether oxygens (including phenoxy) is 1. The van der Waals surface area contributed by atoms with Gasteiger partial charge in [0.15, 0.2) is 0 Å². The Balaban J connectivity index is 2.52. The lowest BCUT2D eigenvalue weighted by Crippen LogP contribution is -2.08. The number of esters is 1. The van der Waals surface area contributed by atoms with Gasteiger partial charge in [0.1, 0.15) is 0 Å². The van der Waals surface area contributed by atoms with Crippen LogP contribution >= 0.6 is 0 Å². The predicted octanol–water partition coefficient (Wildman–Crippen LogP) is 3.07. The number of hydrogen-bond acceptors (Lipinski definition) is 3. The van der Waals surface area contributed by atoms with Crippen molar-refractivity contribution in [3.63, 3.8) is 0 Å². The Kier molecular flexibility index (Phi) is 5.86. The highest BCUT2D eigenvalue weighted by atomic mass is 16.5. The molecule has 1 N–H and O–H groups in total. The predicted molar refractivity (Wildman–Crippen MR) is 71.4 cm³/mol. The van der Waals surface area contributed by atoms with Crippen LogP contribution in [0.3, 0.4) is 0 Å². The molecule has 0 heterocycles. The van der Waals surface area contributed by atoms with Gasteiger partial charge in [0, 0.05) is 6.42 Å². The molecule has 0 bridgehead atoms. The molecule has 100 valence electrons. The van der Waals surface area contributed by atoms with E-state index in [-0.39, 0.29) is 12.4 Å². The summed E-state index contributed by atoms with van der Waals surface area (Å²) in [5.41, 5.74) is 3.07. The molecule has 1 atom stereocenters. The van der Waals surface area contributed by atoms with Crippen molar-refractivity contribution in [3.05, 3.63) is 34.9 Å². The molecule has 0 aliphatic rings. The third-order valence-electron chi connectivity index (χ3n) is 2.88. The minimum Gasteiger partial charge on any atom is -0.466 e. The van der Waals surface area contributed by atoms with Crippen LogP contribution in [0.1, 0.15) is 49.0 Å². The number of rotatable bonds is 6. The lowest BCUT2D eigenvalue weighted by atomic mass is 9.98. The Hall–Kier alpha value is -1.35. The van der Waals surface area contributed by atoms with Gasteiger partial charge in [-0.05, 0) is 37.8 Å². The van der Waals surface area contributed by atoms with Gasteiger partial charge in [0.2, 0.25) is 0 Å². The first-order valence-electron chi connectivity index (χ1n) is 6.45. The van der Waals surface area contributed by atoms with E-state index in [1.165, 1.54) is 0 Å². The number of hydrogen-bond donors (Lipinski definition) is 1. The number of aryl methyl sites for hydroxylation is 2. The minimum atomic E-state index is -0.598. The largest absolute Gasteiger partial charge is 0.466 e. The summed E-state index contributed by atoms with van der Waals surface area (Å²) in [5, 5.41) is 10.1. The molecule has 0 spiro atoms. The van der Waals surface area contributed by atoms with E-state index in [9.17, 15) is 9.90 Å². The first-order valence-corrected chi connectivity index (χ1v) is 6.45. The molecule has 1 aromatic carbocycles. The zero-order chi connectivity index (χ0) is 13.5. The van der Waals surface area contributed by atoms with E-state index < -0.39 is 6.10 Å². The molecule has 0 saturated carbocycles. The van der Waals surface area contributed by atoms with E-state index >= 15 is 0 Å². The molecule has 0 radical (unpaired) electrons. The van der Waals surface area contributed by atoms with Gasteiger partial charge in [-0.15, -0.1) is 0 Å². The number of carbonyl (C=O) groups is 1. The fraction of sp³-hybridized carbons (Fsp3) is 0.533. The van der Waals surface area contributed by atoms with Crippen LogP contribution in [0.5, 0.6) is 0 Å². The van der Waals surface area contributed by atoms with Gasteiger partial charge in [-0.1, -0.05) is 30.7 Å². The van der Waals surface area contributed by atoms with E-state index in [0.29, 0.717) is 13.0 Å². The molecule has 1 unspecified atom stereocenters. The van der Waals surface area contributed by atoms with Crippen molar-refractivity contribution in [3.8, 4) is 0 Å². The highest BCUT2D eigenvalue weighted by Crippen LogP contribution is 2.23. The first-order chi connectivity index (χ1) is 8.54. The van der Waals surface area contributed by atoms with Crippen LogP contribution in [0.2, 0.25) is 0 Å². The highest BCUT2D eigenvalue weighted by molar-refractivity contribution is 5.69. The summed E-state index contributed by atoms with van der Waals surface area (Å²) in [4.78, 5) is 11.4. The molecule has 0 aromatic heterocycles. The molecule has 18 heavy (non-hydrogen) atoms. The number of aliphatic hydroxyl groups is 1. The van der Waals surface area contributed by atoms with Gasteiger partial charge in [0.05, 0.1) is 12.7 Å². The third-order valence-corrected chi connectivity index (χ3v) is 2.88. The van der Waals surface area contributed by atoms with Crippen molar-refractivity contribution >= 4 is 5.97 Å². The van der Waals surface area contributed by atoms with Crippen LogP contribution in [-0.2, 0) is 9.53 Å². The molecule has 3 heteroatoms. The Labute approximate surface area is 109 Å². The quantitative estimate of drug-likeness (QED) is 0.789. The third kappa shape index (κ3) is 4.49. The fourth-order valence-corrected chi connectivity index (χ4v) is 1.82. The average molecular weight is 250 g/mol. The molecular weight excluding hydrogens is 228 g/mol. The minimum absolute atomic E-state index is 0.235. The van der Waals surface area contributed by atoms with Gasteiger partial charge in [-0.25, -0.2) is 0 Å². The van der Waals surface area contributed by atoms with E-state index in [0.717, 1.165) is 23.1 Å². The van der Waals surface area contributed by atoms with Crippen LogP contribution in [0.15, 0.2) is 18.2 Å². The van der Waals surface area contributed by atoms with Crippen molar-refractivity contribution in [1.29, 1.82) is 0 Å². The van der Waals surface area contributed by atoms with E-state index in [1.54, 1.807) is 0 Å². The fourth-order valence-electron chi connectivity index (χ4n) is 1.82. The summed E-state index contributed by atoms with van der Waals surface area (Å²) in [6, 6.07) is 5.97. The Morgan fingerprint density at radius 2 is 2.11 bits per heavy atom. The monoisotopic (exact) mass is 250 g/mol. The summed E-state index contributed by atoms with van der Waals surface area (Å²) in [6.07, 6.45) is 0.895. The SMILES string of the molecule is CCCOC(=O)CCC(O)c1cc(C)ccc1C. The Bertz CT molecular complexity index is 399. The second kappa shape index (κ2) is 7.17. The first kappa shape index (κ1) is 14.7. The molecule has 0 aliphatic carbocycles. The van der Waals surface area contributed by atoms with Crippen molar-refractivity contribution in [2.24, 2.45) is 0 Å². The maximum absolute atomic E-state index is 11.4. The van der Waals surface area contributed by atoms with Crippen LogP contribution in [0.25, 0.3) is 0 Å². The van der Waals surface area contributed by atoms with Crippen LogP contribution in [0, 0.1) is 13.8 Å². The molecule has 1 aromatic rings. The van der Waals surface area contributed by atoms with E-state index in [2.05, 4.69) is 0 Å². The zero-order valence-corrected chi connectivity index (χ0v) is 11.4. The average Bonchev–Trinajstić information content (AvgIpc) is 2.36. The van der Waals surface area contributed by atoms with Crippen LogP contribution in [0.4, 0.5) is 0 Å². The molecular formula is C15H22O3. The summed E-state index contributed by atoms with van der Waals surface area (Å²) in [6.45, 7) is 6.37. The second-order valence-corrected chi connectivity index (χ2v) is 4.63. The van der Waals surface area contributed by atoms with Crippen molar-refractivity contribution in [2.45, 2.75) is 46.1 Å². The maximum atomic E-state index is 11.4. The summed E-state index contributed by atoms with van der Waals surface area (Å²) >= 11 is 0. The highest BCUT2D eigenvalue weighted by Gasteiger charge is 2.13. The Morgan fingerprint density at radius 3 is 2.78 bits per heavy atom. The summed E-state index contributed by atoms with van der Waals surface area (Å²) < 4.78 is 4.98. The topological polar surface area (TPSA) is 46.5 Å². The van der Waals surface area contributed by atoms with Gasteiger partial charge < -0.3 is 9.84 Å². The maximum Gasteiger partial charge on any atom is 0.305 e. The Morgan fingerprint density at radius 1 is 1.39 bits per heavy atom. The van der Waals surface area contributed by atoms with Crippen molar-refractivity contribution < 1.29 is 14.6 Å². The van der Waals surface area contributed by atoms with Gasteiger partial charge in [-0.3, -0.25) is 4.79 Å². The molecule has 3 nitrogen and oxygen atoms in total. The zero-order valence-electron chi connectivity index (χ0n) is 11.4. The van der Waals surface area contributed by atoms with Crippen LogP contribution < -0.4 is 0 Å². The van der Waals surface area contributed by atoms with Crippen molar-refractivity contribution in [2.75, 3.05) is 6.61 Å². The van der Waals surface area contributed by atoms with Crippen LogP contribution in [-0.4, -0.2) is 17.7 Å². The molecule has 0 amide bonds. The molecule has 0 aliphatic heterocycles. The van der Waals surface area contributed by atoms with Crippen molar-refractivity contribution in [1.82, 2.24) is 0 Å². The smallest absolute Gasteiger partial charge is 0.305 e. The standard InChI is InChI=1S/C15H22O3/c1-4-9-18-15(17)8-7-14(16)13-10-11(2)5-6-12(13)3/h5-6,10,14,16H,4,7-9H2,1-3H3. The normalized spacial score (nSPS) is 12.2. The van der Waals surface area contributed by atoms with Gasteiger partial charge >= 0.3 is 5.97 Å². The number of aliphatic hydroxyl groups excluding tert-OH is 1. The van der Waals surface area contributed by atoms with Gasteiger partial charge in [-0.2, -0.15) is 0 Å². The van der Waals surface area contributed by atoms with E-state index in [4.69, 9.17) is 4.74 Å². The second-order valence-electron chi connectivity index (χ2n) is 4.63. The molecule has 1 rings (SSSR count). The summed E-state index contributed by atoms with van der Waals surface area (Å²) in [5.74, 6) is -0.235. The van der Waals surface area contributed by atoms with E-state index in [1.807, 2.05) is 39.0 Å². The number of benzene rings is 1. The number of carbonyl (C=O) groups excluding carboxylic acids is 1. The van der Waals surface area contributed by atoms with Gasteiger partial charge in [0.25, 0.3) is 0 Å².